The summed E-state index contributed by atoms with van der Waals surface area (Å²) in [7, 11) is -0.788. The van der Waals surface area contributed by atoms with Gasteiger partial charge in [0.1, 0.15) is 28.7 Å². The second-order valence-corrected chi connectivity index (χ2v) is 14.7. The number of para-hydroxylation sites is 1. The van der Waals surface area contributed by atoms with Crippen molar-refractivity contribution in [3.05, 3.63) is 52.7 Å². The van der Waals surface area contributed by atoms with E-state index >= 15 is 0 Å². The van der Waals surface area contributed by atoms with E-state index in [0.717, 1.165) is 28.3 Å². The molecule has 12 nitrogen and oxygen atoms in total. The predicted molar refractivity (Wildman–Crippen MR) is 173 cm³/mol. The first-order chi connectivity index (χ1) is 21.2. The number of likely N-dealkylation sites (tertiary alicyclic amines) is 1. The summed E-state index contributed by atoms with van der Waals surface area (Å²) >= 11 is 6.43. The van der Waals surface area contributed by atoms with E-state index in [2.05, 4.69) is 20.6 Å². The first kappa shape index (κ1) is 32.6. The van der Waals surface area contributed by atoms with Crippen LogP contribution in [0.25, 0.3) is 0 Å². The number of piperidine rings is 1. The summed E-state index contributed by atoms with van der Waals surface area (Å²) in [6, 6.07) is 8.51. The molecule has 0 aliphatic carbocycles. The van der Waals surface area contributed by atoms with Crippen LogP contribution in [-0.2, 0) is 14.8 Å². The fourth-order valence-electron chi connectivity index (χ4n) is 5.39. The van der Waals surface area contributed by atoms with E-state index in [4.69, 9.17) is 25.8 Å². The molecule has 1 amide bonds. The number of fused-ring (bicyclic) bond motifs is 1. The molecule has 2 aliphatic heterocycles. The SMILES string of the molecule is Cc1cc(Nc2ncc(Cl)c(Nc3ccccc3S(=O)(=O)N(C)C)n2)c2c(c1C1CCN(C(=O)OC(C)(C)C)CC1)OCCO2. The van der Waals surface area contributed by atoms with Crippen LogP contribution in [-0.4, -0.2) is 79.7 Å². The van der Waals surface area contributed by atoms with Crippen molar-refractivity contribution in [2.45, 2.75) is 57.0 Å². The van der Waals surface area contributed by atoms with Crippen LogP contribution in [0.4, 0.5) is 27.9 Å². The van der Waals surface area contributed by atoms with E-state index < -0.39 is 15.6 Å². The Labute approximate surface area is 269 Å². The molecule has 3 heterocycles. The monoisotopic (exact) mass is 658 g/mol. The normalized spacial score (nSPS) is 15.6. The topological polar surface area (TPSA) is 135 Å². The van der Waals surface area contributed by atoms with Crippen molar-refractivity contribution in [1.82, 2.24) is 19.2 Å². The first-order valence-electron chi connectivity index (χ1n) is 14.7. The summed E-state index contributed by atoms with van der Waals surface area (Å²) in [5.74, 6) is 1.87. The molecule has 242 valence electrons. The Morgan fingerprint density at radius 2 is 1.73 bits per heavy atom. The largest absolute Gasteiger partial charge is 0.486 e. The minimum Gasteiger partial charge on any atom is -0.486 e. The molecule has 45 heavy (non-hydrogen) atoms. The number of rotatable bonds is 7. The smallest absolute Gasteiger partial charge is 0.410 e. The Bertz CT molecular complexity index is 1690. The number of hydrogen-bond acceptors (Lipinski definition) is 10. The fourth-order valence-corrected chi connectivity index (χ4v) is 6.57. The maximum atomic E-state index is 12.9. The van der Waals surface area contributed by atoms with Gasteiger partial charge in [-0.3, -0.25) is 0 Å². The number of carbonyl (C=O) groups excluding carboxylic acids is 1. The number of amides is 1. The molecule has 0 saturated carbocycles. The third-order valence-corrected chi connectivity index (χ3v) is 9.65. The number of benzene rings is 2. The van der Waals surface area contributed by atoms with Crippen molar-refractivity contribution < 1.29 is 27.4 Å². The average molecular weight is 659 g/mol. The Kier molecular flexibility index (Phi) is 9.33. The lowest BCUT2D eigenvalue weighted by Crippen LogP contribution is -2.41. The predicted octanol–water partition coefficient (Wildman–Crippen LogP) is 6.06. The second-order valence-electron chi connectivity index (χ2n) is 12.2. The molecule has 1 saturated heterocycles. The van der Waals surface area contributed by atoms with Gasteiger partial charge in [0.15, 0.2) is 17.3 Å². The van der Waals surface area contributed by atoms with Crippen molar-refractivity contribution >= 4 is 50.9 Å². The van der Waals surface area contributed by atoms with E-state index in [1.54, 1.807) is 23.1 Å². The third kappa shape index (κ3) is 7.21. The minimum absolute atomic E-state index is 0.0851. The van der Waals surface area contributed by atoms with Crippen LogP contribution in [0.2, 0.25) is 5.02 Å². The van der Waals surface area contributed by atoms with Gasteiger partial charge in [-0.05, 0) is 70.2 Å². The number of carbonyl (C=O) groups is 1. The van der Waals surface area contributed by atoms with Crippen LogP contribution in [0.5, 0.6) is 11.5 Å². The number of nitrogens with one attached hydrogen (secondary N) is 2. The number of sulfonamides is 1. The molecule has 3 aromatic rings. The lowest BCUT2D eigenvalue weighted by Gasteiger charge is -2.35. The molecule has 0 bridgehead atoms. The zero-order chi connectivity index (χ0) is 32.5. The number of aryl methyl sites for hydroxylation is 1. The second kappa shape index (κ2) is 12.9. The zero-order valence-corrected chi connectivity index (χ0v) is 27.9. The van der Waals surface area contributed by atoms with E-state index in [-0.39, 0.29) is 33.7 Å². The number of nitrogens with zero attached hydrogens (tertiary/aromatic N) is 4. The maximum absolute atomic E-state index is 12.9. The number of ether oxygens (including phenoxy) is 3. The van der Waals surface area contributed by atoms with Crippen molar-refractivity contribution in [2.75, 3.05) is 51.0 Å². The van der Waals surface area contributed by atoms with Crippen LogP contribution >= 0.6 is 11.6 Å². The van der Waals surface area contributed by atoms with Gasteiger partial charge in [0.2, 0.25) is 16.0 Å². The molecule has 14 heteroatoms. The molecule has 0 unspecified atom stereocenters. The van der Waals surface area contributed by atoms with Crippen LogP contribution in [0.15, 0.2) is 41.4 Å². The molecule has 0 atom stereocenters. The summed E-state index contributed by atoms with van der Waals surface area (Å²) in [4.78, 5) is 23.4. The summed E-state index contributed by atoms with van der Waals surface area (Å²) in [6.07, 6.45) is 2.68. The van der Waals surface area contributed by atoms with Gasteiger partial charge in [0.25, 0.3) is 0 Å². The quantitative estimate of drug-likeness (QED) is 0.308. The molecule has 0 spiro atoms. The van der Waals surface area contributed by atoms with Crippen LogP contribution < -0.4 is 20.1 Å². The van der Waals surface area contributed by atoms with Gasteiger partial charge in [0, 0.05) is 32.7 Å². The van der Waals surface area contributed by atoms with Crippen molar-refractivity contribution in [3.63, 3.8) is 0 Å². The Morgan fingerprint density at radius 1 is 1.07 bits per heavy atom. The highest BCUT2D eigenvalue weighted by atomic mass is 35.5. The van der Waals surface area contributed by atoms with Crippen LogP contribution in [0.1, 0.15) is 50.7 Å². The molecular weight excluding hydrogens is 620 g/mol. The van der Waals surface area contributed by atoms with E-state index in [1.807, 2.05) is 33.8 Å². The summed E-state index contributed by atoms with van der Waals surface area (Å²) in [5.41, 5.74) is 2.48. The number of aromatic nitrogens is 2. The summed E-state index contributed by atoms with van der Waals surface area (Å²) in [6.45, 7) is 9.59. The lowest BCUT2D eigenvalue weighted by molar-refractivity contribution is 0.0204. The Balaban J connectivity index is 1.39. The minimum atomic E-state index is -3.73. The Morgan fingerprint density at radius 3 is 2.40 bits per heavy atom. The Hall–Kier alpha value is -3.81. The molecular formula is C31H39ClN6O6S. The standard InChI is InChI=1S/C31H39ClN6O6S/c1-19-17-23(26-27(43-16-15-42-26)25(19)20-11-13-38(14-12-20)30(39)44-31(2,3)4)35-29-33-18-21(32)28(36-29)34-22-9-7-8-10-24(22)45(40,41)37(5)6/h7-10,17-18,20H,11-16H2,1-6H3,(H2,33,34,35,36). The molecule has 5 rings (SSSR count). The van der Waals surface area contributed by atoms with E-state index in [1.165, 1.54) is 26.4 Å². The molecule has 2 N–H and O–H groups in total. The van der Waals surface area contributed by atoms with Crippen LogP contribution in [0, 0.1) is 6.92 Å². The fraction of sp³-hybridized carbons (Fsp3) is 0.452. The number of halogens is 1. The number of hydrogen-bond donors (Lipinski definition) is 2. The summed E-state index contributed by atoms with van der Waals surface area (Å²) < 4.78 is 44.8. The molecule has 1 fully saturated rings. The number of anilines is 4. The zero-order valence-electron chi connectivity index (χ0n) is 26.3. The average Bonchev–Trinajstić information content (AvgIpc) is 2.98. The third-order valence-electron chi connectivity index (χ3n) is 7.50. The van der Waals surface area contributed by atoms with Gasteiger partial charge in [0.05, 0.1) is 17.6 Å². The van der Waals surface area contributed by atoms with Crippen molar-refractivity contribution in [2.24, 2.45) is 0 Å². The van der Waals surface area contributed by atoms with E-state index in [9.17, 15) is 13.2 Å². The van der Waals surface area contributed by atoms with E-state index in [0.29, 0.717) is 49.2 Å². The van der Waals surface area contributed by atoms with Crippen molar-refractivity contribution in [1.29, 1.82) is 0 Å². The lowest BCUT2D eigenvalue weighted by atomic mass is 9.85. The van der Waals surface area contributed by atoms with Crippen molar-refractivity contribution in [3.8, 4) is 11.5 Å². The molecule has 1 aromatic heterocycles. The van der Waals surface area contributed by atoms with Gasteiger partial charge in [-0.1, -0.05) is 23.7 Å². The highest BCUT2D eigenvalue weighted by Crippen LogP contribution is 2.48. The molecule has 0 radical (unpaired) electrons. The van der Waals surface area contributed by atoms with Gasteiger partial charge in [-0.2, -0.15) is 4.98 Å². The van der Waals surface area contributed by atoms with Gasteiger partial charge < -0.3 is 29.7 Å². The van der Waals surface area contributed by atoms with Gasteiger partial charge in [-0.15, -0.1) is 0 Å². The summed E-state index contributed by atoms with van der Waals surface area (Å²) in [5, 5.41) is 6.51. The highest BCUT2D eigenvalue weighted by molar-refractivity contribution is 7.89. The van der Waals surface area contributed by atoms with Gasteiger partial charge >= 0.3 is 6.09 Å². The highest BCUT2D eigenvalue weighted by Gasteiger charge is 2.33. The van der Waals surface area contributed by atoms with Crippen LogP contribution in [0.3, 0.4) is 0 Å². The first-order valence-corrected chi connectivity index (χ1v) is 16.6. The van der Waals surface area contributed by atoms with Gasteiger partial charge in [-0.25, -0.2) is 22.5 Å². The molecule has 2 aliphatic rings. The molecule has 2 aromatic carbocycles. The maximum Gasteiger partial charge on any atom is 0.410 e.